The molecule has 114 valence electrons. The van der Waals surface area contributed by atoms with Crippen LogP contribution < -0.4 is 5.43 Å². The van der Waals surface area contributed by atoms with Crippen molar-refractivity contribution in [3.8, 4) is 5.75 Å². The number of amides is 1. The van der Waals surface area contributed by atoms with E-state index in [2.05, 4.69) is 55.7 Å². The van der Waals surface area contributed by atoms with Crippen molar-refractivity contribution in [3.63, 3.8) is 0 Å². The summed E-state index contributed by atoms with van der Waals surface area (Å²) in [7, 11) is 0. The first-order chi connectivity index (χ1) is 10.5. The summed E-state index contributed by atoms with van der Waals surface area (Å²) in [6.45, 7) is 2.01. The summed E-state index contributed by atoms with van der Waals surface area (Å²) in [6, 6.07) is 11.4. The summed E-state index contributed by atoms with van der Waals surface area (Å²) < 4.78 is 1.49. The number of benzene rings is 2. The second kappa shape index (κ2) is 7.91. The Kier molecular flexibility index (Phi) is 6.18. The number of phenols is 1. The molecule has 0 fully saturated rings. The third-order valence-electron chi connectivity index (χ3n) is 2.93. The van der Waals surface area contributed by atoms with Crippen molar-refractivity contribution in [2.24, 2.45) is 5.10 Å². The molecule has 0 unspecified atom stereocenters. The first-order valence-corrected chi connectivity index (χ1v) is 8.67. The molecule has 0 saturated heterocycles. The molecule has 0 aliphatic heterocycles. The summed E-state index contributed by atoms with van der Waals surface area (Å²) in [5.41, 5.74) is 5.45. The van der Waals surface area contributed by atoms with Gasteiger partial charge in [-0.1, -0.05) is 29.8 Å². The topological polar surface area (TPSA) is 61.7 Å². The highest BCUT2D eigenvalue weighted by Gasteiger charge is 2.05. The molecule has 1 amide bonds. The van der Waals surface area contributed by atoms with E-state index in [4.69, 9.17) is 0 Å². The number of aryl methyl sites for hydroxylation is 1. The van der Waals surface area contributed by atoms with Crippen LogP contribution in [0.1, 0.15) is 16.7 Å². The lowest BCUT2D eigenvalue weighted by Gasteiger charge is -2.03. The van der Waals surface area contributed by atoms with Crippen molar-refractivity contribution < 1.29 is 9.90 Å². The van der Waals surface area contributed by atoms with Crippen molar-refractivity contribution in [2.45, 2.75) is 13.3 Å². The summed E-state index contributed by atoms with van der Waals surface area (Å²) in [6.07, 6.45) is 1.86. The lowest BCUT2D eigenvalue weighted by Crippen LogP contribution is -2.19. The second-order valence-corrected chi connectivity index (χ2v) is 7.11. The summed E-state index contributed by atoms with van der Waals surface area (Å²) >= 11 is 4.11. The molecule has 4 nitrogen and oxygen atoms in total. The number of nitrogens with zero attached hydrogens (tertiary/aromatic N) is 1. The van der Waals surface area contributed by atoms with Crippen molar-refractivity contribution in [2.75, 3.05) is 0 Å². The van der Waals surface area contributed by atoms with Gasteiger partial charge in [-0.15, -0.1) is 0 Å². The molecular weight excluding hydrogens is 506 g/mol. The van der Waals surface area contributed by atoms with E-state index < -0.39 is 0 Å². The van der Waals surface area contributed by atoms with Gasteiger partial charge in [-0.3, -0.25) is 4.79 Å². The van der Waals surface area contributed by atoms with Gasteiger partial charge in [0.05, 0.1) is 19.8 Å². The maximum atomic E-state index is 11.8. The molecule has 0 atom stereocenters. The molecule has 2 N–H and O–H groups in total. The summed E-state index contributed by atoms with van der Waals surface area (Å²) in [5, 5.41) is 13.7. The van der Waals surface area contributed by atoms with E-state index in [1.807, 2.05) is 31.2 Å². The van der Waals surface area contributed by atoms with Crippen molar-refractivity contribution in [3.05, 3.63) is 60.2 Å². The van der Waals surface area contributed by atoms with Crippen LogP contribution in [-0.2, 0) is 11.2 Å². The molecule has 0 aliphatic carbocycles. The molecule has 22 heavy (non-hydrogen) atoms. The Morgan fingerprint density at radius 2 is 1.82 bits per heavy atom. The number of halogens is 2. The van der Waals surface area contributed by atoms with Crippen LogP contribution in [0.3, 0.4) is 0 Å². The van der Waals surface area contributed by atoms with Crippen molar-refractivity contribution >= 4 is 57.3 Å². The molecule has 0 radical (unpaired) electrons. The summed E-state index contributed by atoms with van der Waals surface area (Å²) in [4.78, 5) is 11.8. The van der Waals surface area contributed by atoms with Crippen LogP contribution in [0.4, 0.5) is 0 Å². The zero-order valence-corrected chi connectivity index (χ0v) is 16.1. The third-order valence-corrected chi connectivity index (χ3v) is 4.57. The van der Waals surface area contributed by atoms with E-state index in [9.17, 15) is 9.90 Å². The number of rotatable bonds is 4. The molecule has 0 spiro atoms. The van der Waals surface area contributed by atoms with E-state index in [1.54, 1.807) is 18.3 Å². The monoisotopic (exact) mass is 520 g/mol. The molecule has 0 bridgehead atoms. The SMILES string of the molecule is Cc1ccc(CC(=O)N/N=C/c2cc(I)c(O)c(I)c2)cc1. The van der Waals surface area contributed by atoms with Crippen LogP contribution in [0.5, 0.6) is 5.75 Å². The van der Waals surface area contributed by atoms with Crippen LogP contribution in [0.15, 0.2) is 41.5 Å². The quantitative estimate of drug-likeness (QED) is 0.368. The van der Waals surface area contributed by atoms with Crippen LogP contribution in [-0.4, -0.2) is 17.2 Å². The van der Waals surface area contributed by atoms with Gasteiger partial charge in [-0.05, 0) is 75.4 Å². The Morgan fingerprint density at radius 1 is 1.23 bits per heavy atom. The average Bonchev–Trinajstić information content (AvgIpc) is 2.47. The van der Waals surface area contributed by atoms with E-state index in [1.165, 1.54) is 5.56 Å². The highest BCUT2D eigenvalue weighted by molar-refractivity contribution is 14.1. The Labute approximate surface area is 156 Å². The smallest absolute Gasteiger partial charge is 0.244 e. The molecule has 0 aromatic heterocycles. The molecule has 2 aromatic rings. The van der Waals surface area contributed by atoms with Gasteiger partial charge < -0.3 is 5.11 Å². The lowest BCUT2D eigenvalue weighted by molar-refractivity contribution is -0.120. The number of hydrogen-bond acceptors (Lipinski definition) is 3. The predicted octanol–water partition coefficient (Wildman–Crippen LogP) is 3.60. The largest absolute Gasteiger partial charge is 0.506 e. The van der Waals surface area contributed by atoms with E-state index >= 15 is 0 Å². The molecule has 2 rings (SSSR count). The van der Waals surface area contributed by atoms with Gasteiger partial charge in [0.25, 0.3) is 0 Å². The maximum Gasteiger partial charge on any atom is 0.244 e. The fourth-order valence-electron chi connectivity index (χ4n) is 1.77. The minimum atomic E-state index is -0.164. The molecule has 6 heteroatoms. The zero-order valence-electron chi connectivity index (χ0n) is 11.8. The van der Waals surface area contributed by atoms with Gasteiger partial charge in [0.2, 0.25) is 5.91 Å². The fourth-order valence-corrected chi connectivity index (χ4v) is 3.59. The Hall–Kier alpha value is -1.16. The number of carbonyl (C=O) groups is 1. The van der Waals surface area contributed by atoms with Gasteiger partial charge in [0.15, 0.2) is 0 Å². The Balaban J connectivity index is 1.94. The summed E-state index contributed by atoms with van der Waals surface area (Å²) in [5.74, 6) is 0.102. The Bertz CT molecular complexity index is 690. The minimum Gasteiger partial charge on any atom is -0.506 e. The van der Waals surface area contributed by atoms with E-state index in [0.717, 1.165) is 18.3 Å². The van der Waals surface area contributed by atoms with E-state index in [0.29, 0.717) is 6.42 Å². The van der Waals surface area contributed by atoms with Crippen molar-refractivity contribution in [1.29, 1.82) is 0 Å². The third kappa shape index (κ3) is 4.94. The van der Waals surface area contributed by atoms with Crippen LogP contribution in [0, 0.1) is 14.1 Å². The molecule has 2 aromatic carbocycles. The fraction of sp³-hybridized carbons (Fsp3) is 0.125. The average molecular weight is 520 g/mol. The van der Waals surface area contributed by atoms with Gasteiger partial charge in [-0.2, -0.15) is 5.10 Å². The first kappa shape index (κ1) is 17.2. The molecular formula is C16H14I2N2O2. The number of hydrazone groups is 1. The second-order valence-electron chi connectivity index (χ2n) is 4.79. The lowest BCUT2D eigenvalue weighted by atomic mass is 10.1. The highest BCUT2D eigenvalue weighted by atomic mass is 127. The van der Waals surface area contributed by atoms with Gasteiger partial charge in [0, 0.05) is 0 Å². The molecule has 0 heterocycles. The van der Waals surface area contributed by atoms with Gasteiger partial charge in [0.1, 0.15) is 5.75 Å². The molecule has 0 saturated carbocycles. The van der Waals surface area contributed by atoms with Crippen molar-refractivity contribution in [1.82, 2.24) is 5.43 Å². The number of nitrogens with one attached hydrogen (secondary N) is 1. The number of aromatic hydroxyl groups is 1. The maximum absolute atomic E-state index is 11.8. The van der Waals surface area contributed by atoms with Gasteiger partial charge in [-0.25, -0.2) is 5.43 Å². The minimum absolute atomic E-state index is 0.164. The van der Waals surface area contributed by atoms with Crippen LogP contribution >= 0.6 is 45.2 Å². The number of hydrogen-bond donors (Lipinski definition) is 2. The van der Waals surface area contributed by atoms with Crippen LogP contribution in [0.2, 0.25) is 0 Å². The zero-order chi connectivity index (χ0) is 16.1. The standard InChI is InChI=1S/C16H14I2N2O2/c1-10-2-4-11(5-3-10)8-15(21)20-19-9-12-6-13(17)16(22)14(18)7-12/h2-7,9,22H,8H2,1H3,(H,20,21)/b19-9+. The normalized spacial score (nSPS) is 10.9. The highest BCUT2D eigenvalue weighted by Crippen LogP contribution is 2.26. The predicted molar refractivity (Wildman–Crippen MR) is 104 cm³/mol. The number of carbonyl (C=O) groups excluding carboxylic acids is 1. The van der Waals surface area contributed by atoms with E-state index in [-0.39, 0.29) is 11.7 Å². The molecule has 0 aliphatic rings. The van der Waals surface area contributed by atoms with Gasteiger partial charge >= 0.3 is 0 Å². The first-order valence-electron chi connectivity index (χ1n) is 6.51. The van der Waals surface area contributed by atoms with Crippen LogP contribution in [0.25, 0.3) is 0 Å². The number of phenolic OH excluding ortho intramolecular Hbond substituents is 1. The Morgan fingerprint density at radius 3 is 2.41 bits per heavy atom.